The van der Waals surface area contributed by atoms with Crippen LogP contribution in [0.3, 0.4) is 0 Å². The van der Waals surface area contributed by atoms with E-state index in [1.807, 2.05) is 18.2 Å². The van der Waals surface area contributed by atoms with E-state index in [1.165, 1.54) is 30.0 Å². The highest BCUT2D eigenvalue weighted by Gasteiger charge is 2.22. The minimum atomic E-state index is -0.401. The van der Waals surface area contributed by atoms with Crippen molar-refractivity contribution >= 4 is 10.8 Å². The molecule has 0 amide bonds. The number of fused-ring (bicyclic) bond motifs is 1. The molecule has 1 saturated heterocycles. The summed E-state index contributed by atoms with van der Waals surface area (Å²) in [5, 5.41) is 13.0. The van der Waals surface area contributed by atoms with Gasteiger partial charge in [0.05, 0.1) is 6.10 Å². The zero-order chi connectivity index (χ0) is 13.9. The summed E-state index contributed by atoms with van der Waals surface area (Å²) in [6.07, 6.45) is 3.43. The molecule has 2 nitrogen and oxygen atoms in total. The molecule has 1 aliphatic heterocycles. The standard InChI is InChI=1S/C18H23NO/c1-14-7-4-5-12-19(14)13-18(20)17-11-6-9-15-8-2-3-10-16(15)17/h2-3,6,8-11,14,18,20H,4-5,7,12-13H2,1H3. The topological polar surface area (TPSA) is 23.5 Å². The molecule has 0 aromatic heterocycles. The van der Waals surface area contributed by atoms with E-state index in [1.54, 1.807) is 0 Å². The highest BCUT2D eigenvalue weighted by molar-refractivity contribution is 5.85. The summed E-state index contributed by atoms with van der Waals surface area (Å²) < 4.78 is 0. The molecule has 1 fully saturated rings. The van der Waals surface area contributed by atoms with E-state index in [-0.39, 0.29) is 0 Å². The molecule has 2 unspecified atom stereocenters. The number of hydrogen-bond acceptors (Lipinski definition) is 2. The fraction of sp³-hybridized carbons (Fsp3) is 0.444. The van der Waals surface area contributed by atoms with Crippen LogP contribution in [0.4, 0.5) is 0 Å². The average molecular weight is 269 g/mol. The smallest absolute Gasteiger partial charge is 0.0923 e. The van der Waals surface area contributed by atoms with Gasteiger partial charge in [0.25, 0.3) is 0 Å². The number of hydrogen-bond donors (Lipinski definition) is 1. The van der Waals surface area contributed by atoms with Crippen molar-refractivity contribution < 1.29 is 5.11 Å². The predicted octanol–water partition coefficient (Wildman–Crippen LogP) is 3.75. The molecule has 0 aliphatic carbocycles. The molecular formula is C18H23NO. The van der Waals surface area contributed by atoms with Crippen molar-refractivity contribution in [3.8, 4) is 0 Å². The lowest BCUT2D eigenvalue weighted by molar-refractivity contribution is 0.0740. The summed E-state index contributed by atoms with van der Waals surface area (Å²) in [5.74, 6) is 0. The SMILES string of the molecule is CC1CCCCN1CC(O)c1cccc2ccccc12. The molecule has 3 rings (SSSR count). The lowest BCUT2D eigenvalue weighted by atomic mass is 9.98. The predicted molar refractivity (Wildman–Crippen MR) is 83.8 cm³/mol. The van der Waals surface area contributed by atoms with Crippen LogP contribution in [0.25, 0.3) is 10.8 Å². The van der Waals surface area contributed by atoms with E-state index >= 15 is 0 Å². The first-order chi connectivity index (χ1) is 9.75. The zero-order valence-corrected chi connectivity index (χ0v) is 12.1. The third-order valence-corrected chi connectivity index (χ3v) is 4.53. The third kappa shape index (κ3) is 2.72. The van der Waals surface area contributed by atoms with Crippen molar-refractivity contribution in [2.75, 3.05) is 13.1 Å². The second kappa shape index (κ2) is 5.94. The number of benzene rings is 2. The first-order valence-electron chi connectivity index (χ1n) is 7.65. The Hall–Kier alpha value is -1.38. The normalized spacial score (nSPS) is 22.0. The molecule has 2 aromatic rings. The van der Waals surface area contributed by atoms with Crippen molar-refractivity contribution in [1.82, 2.24) is 4.90 Å². The Kier molecular flexibility index (Phi) is 4.04. The van der Waals surface area contributed by atoms with Gasteiger partial charge in [0.15, 0.2) is 0 Å². The van der Waals surface area contributed by atoms with Gasteiger partial charge in [-0.3, -0.25) is 4.90 Å². The van der Waals surface area contributed by atoms with Gasteiger partial charge in [0, 0.05) is 12.6 Å². The summed E-state index contributed by atoms with van der Waals surface area (Å²) in [4.78, 5) is 2.43. The van der Waals surface area contributed by atoms with Gasteiger partial charge in [0.1, 0.15) is 0 Å². The number of rotatable bonds is 3. The van der Waals surface area contributed by atoms with Gasteiger partial charge in [-0.25, -0.2) is 0 Å². The molecule has 20 heavy (non-hydrogen) atoms. The highest BCUT2D eigenvalue weighted by Crippen LogP contribution is 2.26. The minimum absolute atomic E-state index is 0.401. The molecule has 2 atom stereocenters. The van der Waals surface area contributed by atoms with Crippen LogP contribution < -0.4 is 0 Å². The van der Waals surface area contributed by atoms with Crippen molar-refractivity contribution in [2.24, 2.45) is 0 Å². The number of piperidine rings is 1. The van der Waals surface area contributed by atoms with Crippen LogP contribution in [0, 0.1) is 0 Å². The van der Waals surface area contributed by atoms with Crippen molar-refractivity contribution in [2.45, 2.75) is 38.3 Å². The van der Waals surface area contributed by atoms with Crippen molar-refractivity contribution in [3.05, 3.63) is 48.0 Å². The Morgan fingerprint density at radius 3 is 2.80 bits per heavy atom. The molecule has 2 aromatic carbocycles. The number of nitrogens with zero attached hydrogens (tertiary/aromatic N) is 1. The molecular weight excluding hydrogens is 246 g/mol. The van der Waals surface area contributed by atoms with Crippen LogP contribution in [-0.4, -0.2) is 29.1 Å². The van der Waals surface area contributed by atoms with Crippen LogP contribution in [-0.2, 0) is 0 Å². The number of likely N-dealkylation sites (tertiary alicyclic amines) is 1. The molecule has 0 saturated carbocycles. The molecule has 0 spiro atoms. The van der Waals surface area contributed by atoms with Crippen LogP contribution in [0.15, 0.2) is 42.5 Å². The van der Waals surface area contributed by atoms with Crippen LogP contribution >= 0.6 is 0 Å². The first kappa shape index (κ1) is 13.6. The Balaban J connectivity index is 1.83. The lowest BCUT2D eigenvalue weighted by Crippen LogP contribution is -2.40. The maximum Gasteiger partial charge on any atom is 0.0923 e. The van der Waals surface area contributed by atoms with Crippen LogP contribution in [0.5, 0.6) is 0 Å². The lowest BCUT2D eigenvalue weighted by Gasteiger charge is -2.34. The van der Waals surface area contributed by atoms with Gasteiger partial charge in [-0.1, -0.05) is 48.9 Å². The van der Waals surface area contributed by atoms with E-state index < -0.39 is 6.10 Å². The Labute approximate surface area is 121 Å². The van der Waals surface area contributed by atoms with Gasteiger partial charge < -0.3 is 5.11 Å². The van der Waals surface area contributed by atoms with Crippen molar-refractivity contribution in [3.63, 3.8) is 0 Å². The second-order valence-electron chi connectivity index (χ2n) is 5.92. The molecule has 0 radical (unpaired) electrons. The number of aliphatic hydroxyl groups is 1. The van der Waals surface area contributed by atoms with Gasteiger partial charge in [-0.15, -0.1) is 0 Å². The summed E-state index contributed by atoms with van der Waals surface area (Å²) in [6.45, 7) is 4.13. The summed E-state index contributed by atoms with van der Waals surface area (Å²) in [5.41, 5.74) is 1.06. The second-order valence-corrected chi connectivity index (χ2v) is 5.92. The summed E-state index contributed by atoms with van der Waals surface area (Å²) in [7, 11) is 0. The van der Waals surface area contributed by atoms with Crippen molar-refractivity contribution in [1.29, 1.82) is 0 Å². The maximum absolute atomic E-state index is 10.6. The monoisotopic (exact) mass is 269 g/mol. The molecule has 106 valence electrons. The van der Waals surface area contributed by atoms with Gasteiger partial charge in [0.2, 0.25) is 0 Å². The third-order valence-electron chi connectivity index (χ3n) is 4.53. The molecule has 0 bridgehead atoms. The summed E-state index contributed by atoms with van der Waals surface area (Å²) >= 11 is 0. The quantitative estimate of drug-likeness (QED) is 0.917. The van der Waals surface area contributed by atoms with Crippen LogP contribution in [0.2, 0.25) is 0 Å². The van der Waals surface area contributed by atoms with Gasteiger partial charge >= 0.3 is 0 Å². The average Bonchev–Trinajstić information content (AvgIpc) is 2.49. The Morgan fingerprint density at radius 2 is 1.95 bits per heavy atom. The van der Waals surface area contributed by atoms with Gasteiger partial charge in [-0.05, 0) is 42.6 Å². The largest absolute Gasteiger partial charge is 0.387 e. The molecule has 1 heterocycles. The van der Waals surface area contributed by atoms with Crippen LogP contribution in [0.1, 0.15) is 37.9 Å². The maximum atomic E-state index is 10.6. The van der Waals surface area contributed by atoms with E-state index in [0.29, 0.717) is 6.04 Å². The number of aliphatic hydroxyl groups excluding tert-OH is 1. The van der Waals surface area contributed by atoms with E-state index in [4.69, 9.17) is 0 Å². The van der Waals surface area contributed by atoms with E-state index in [0.717, 1.165) is 18.7 Å². The zero-order valence-electron chi connectivity index (χ0n) is 12.1. The first-order valence-corrected chi connectivity index (χ1v) is 7.65. The number of β-amino-alcohol motifs (C(OH)–C–C–N with tert-alkyl or cyclic N) is 1. The molecule has 1 aliphatic rings. The Bertz CT molecular complexity index is 575. The highest BCUT2D eigenvalue weighted by atomic mass is 16.3. The fourth-order valence-corrected chi connectivity index (χ4v) is 3.29. The fourth-order valence-electron chi connectivity index (χ4n) is 3.29. The van der Waals surface area contributed by atoms with E-state index in [2.05, 4.69) is 36.1 Å². The molecule has 1 N–H and O–H groups in total. The van der Waals surface area contributed by atoms with Gasteiger partial charge in [-0.2, -0.15) is 0 Å². The summed E-state index contributed by atoms with van der Waals surface area (Å²) in [6, 6.07) is 15.1. The van der Waals surface area contributed by atoms with E-state index in [9.17, 15) is 5.11 Å². The Morgan fingerprint density at radius 1 is 1.15 bits per heavy atom. The molecule has 2 heteroatoms. The minimum Gasteiger partial charge on any atom is -0.387 e.